The summed E-state index contributed by atoms with van der Waals surface area (Å²) in [6.07, 6.45) is 5.43. The average Bonchev–Trinajstić information content (AvgIpc) is 2.49. The number of carbonyl (C=O) groups excluding carboxylic acids is 1. The van der Waals surface area contributed by atoms with Crippen LogP contribution in [0.3, 0.4) is 0 Å². The number of terminal acetylenes is 1. The summed E-state index contributed by atoms with van der Waals surface area (Å²) in [5.41, 5.74) is 13.6. The Morgan fingerprint density at radius 2 is 1.89 bits per heavy atom. The minimum atomic E-state index is -0.623. The molecular weight excluding hydrogens is 226 g/mol. The normalized spacial score (nSPS) is 18.3. The largest absolute Gasteiger partial charge is 0.397 e. The smallest absolute Gasteiger partial charge is 0.238 e. The summed E-state index contributed by atoms with van der Waals surface area (Å²) in [5.74, 6) is 2.56. The van der Waals surface area contributed by atoms with Crippen LogP contribution in [0, 0.1) is 12.3 Å². The van der Waals surface area contributed by atoms with Crippen LogP contribution in [0.15, 0.2) is 12.1 Å². The Bertz CT molecular complexity index is 569. The summed E-state index contributed by atoms with van der Waals surface area (Å²) < 4.78 is 0. The minimum absolute atomic E-state index is 0.0204. The maximum atomic E-state index is 12.5. The molecule has 1 amide bonds. The molecule has 0 saturated carbocycles. The maximum absolute atomic E-state index is 12.5. The lowest BCUT2D eigenvalue weighted by atomic mass is 9.86. The number of hydrogen-bond acceptors (Lipinski definition) is 3. The van der Waals surface area contributed by atoms with Gasteiger partial charge in [0.05, 0.1) is 28.5 Å². The molecule has 4 nitrogen and oxygen atoms in total. The highest BCUT2D eigenvalue weighted by molar-refractivity contribution is 6.09. The number of anilines is 3. The molecule has 0 aliphatic carbocycles. The van der Waals surface area contributed by atoms with Gasteiger partial charge in [-0.25, -0.2) is 0 Å². The molecule has 1 unspecified atom stereocenters. The van der Waals surface area contributed by atoms with Gasteiger partial charge in [-0.3, -0.25) is 9.69 Å². The molecule has 1 aliphatic rings. The monoisotopic (exact) mass is 243 g/mol. The van der Waals surface area contributed by atoms with Crippen LogP contribution in [0.2, 0.25) is 0 Å². The topological polar surface area (TPSA) is 72.3 Å². The number of hydrogen-bond donors (Lipinski definition) is 2. The van der Waals surface area contributed by atoms with Crippen molar-refractivity contribution in [2.24, 2.45) is 0 Å². The van der Waals surface area contributed by atoms with E-state index in [-0.39, 0.29) is 11.9 Å². The molecule has 4 heteroatoms. The quantitative estimate of drug-likeness (QED) is 0.580. The van der Waals surface area contributed by atoms with E-state index in [1.165, 1.54) is 0 Å². The summed E-state index contributed by atoms with van der Waals surface area (Å²) in [6, 6.07) is 3.19. The molecule has 1 aliphatic heterocycles. The summed E-state index contributed by atoms with van der Waals surface area (Å²) in [5, 5.41) is 0. The Morgan fingerprint density at radius 3 is 2.44 bits per heavy atom. The molecule has 0 saturated heterocycles. The fraction of sp³-hybridized carbons (Fsp3) is 0.357. The molecule has 1 aromatic rings. The van der Waals surface area contributed by atoms with Crippen molar-refractivity contribution in [2.45, 2.75) is 32.2 Å². The van der Waals surface area contributed by atoms with Gasteiger partial charge in [-0.05, 0) is 38.5 Å². The predicted molar refractivity (Wildman–Crippen MR) is 74.1 cm³/mol. The third-order valence-corrected chi connectivity index (χ3v) is 3.52. The molecule has 4 N–H and O–H groups in total. The highest BCUT2D eigenvalue weighted by atomic mass is 16.2. The molecule has 18 heavy (non-hydrogen) atoms. The number of fused-ring (bicyclic) bond motifs is 1. The van der Waals surface area contributed by atoms with E-state index in [1.54, 1.807) is 17.0 Å². The van der Waals surface area contributed by atoms with Crippen LogP contribution in [-0.2, 0) is 10.2 Å². The zero-order valence-electron chi connectivity index (χ0n) is 10.8. The van der Waals surface area contributed by atoms with Gasteiger partial charge in [0.15, 0.2) is 0 Å². The lowest BCUT2D eigenvalue weighted by Crippen LogP contribution is -2.41. The van der Waals surface area contributed by atoms with Crippen LogP contribution < -0.4 is 16.4 Å². The standard InChI is InChI=1S/C14H17N3O/c1-5-8(2)17-12-7-11(16)10(15)6-9(12)14(3,4)13(17)18/h1,6-8H,15-16H2,2-4H3. The number of rotatable bonds is 1. The zero-order valence-corrected chi connectivity index (χ0v) is 10.8. The van der Waals surface area contributed by atoms with E-state index in [4.69, 9.17) is 17.9 Å². The van der Waals surface area contributed by atoms with Gasteiger partial charge in [0.1, 0.15) is 0 Å². The Hall–Kier alpha value is -2.15. The molecule has 0 fully saturated rings. The first-order valence-electron chi connectivity index (χ1n) is 5.80. The third-order valence-electron chi connectivity index (χ3n) is 3.52. The Balaban J connectivity index is 2.70. The second-order valence-corrected chi connectivity index (χ2v) is 5.14. The van der Waals surface area contributed by atoms with Gasteiger partial charge < -0.3 is 11.5 Å². The highest BCUT2D eigenvalue weighted by Gasteiger charge is 2.45. The van der Waals surface area contributed by atoms with Crippen molar-refractivity contribution in [3.05, 3.63) is 17.7 Å². The number of nitrogens with zero attached hydrogens (tertiary/aromatic N) is 1. The molecule has 1 atom stereocenters. The fourth-order valence-electron chi connectivity index (χ4n) is 2.31. The van der Waals surface area contributed by atoms with E-state index in [0.29, 0.717) is 11.4 Å². The van der Waals surface area contributed by atoms with E-state index < -0.39 is 5.41 Å². The van der Waals surface area contributed by atoms with Crippen molar-refractivity contribution < 1.29 is 4.79 Å². The Kier molecular flexibility index (Phi) is 2.51. The van der Waals surface area contributed by atoms with Gasteiger partial charge >= 0.3 is 0 Å². The first kappa shape index (κ1) is 12.3. The van der Waals surface area contributed by atoms with Gasteiger partial charge in [-0.2, -0.15) is 0 Å². The second-order valence-electron chi connectivity index (χ2n) is 5.14. The molecule has 1 aromatic carbocycles. The first-order chi connectivity index (χ1) is 8.30. The van der Waals surface area contributed by atoms with Crippen molar-refractivity contribution in [2.75, 3.05) is 16.4 Å². The van der Waals surface area contributed by atoms with Crippen molar-refractivity contribution >= 4 is 23.0 Å². The van der Waals surface area contributed by atoms with Crippen molar-refractivity contribution in [3.63, 3.8) is 0 Å². The average molecular weight is 243 g/mol. The number of amides is 1. The lowest BCUT2D eigenvalue weighted by molar-refractivity contribution is -0.122. The van der Waals surface area contributed by atoms with Crippen LogP contribution in [0.4, 0.5) is 17.1 Å². The van der Waals surface area contributed by atoms with Crippen molar-refractivity contribution in [3.8, 4) is 12.3 Å². The van der Waals surface area contributed by atoms with E-state index >= 15 is 0 Å². The van der Waals surface area contributed by atoms with Crippen LogP contribution >= 0.6 is 0 Å². The van der Waals surface area contributed by atoms with Crippen molar-refractivity contribution in [1.82, 2.24) is 0 Å². The molecule has 2 rings (SSSR count). The first-order valence-corrected chi connectivity index (χ1v) is 5.80. The van der Waals surface area contributed by atoms with E-state index in [2.05, 4.69) is 5.92 Å². The number of nitrogens with two attached hydrogens (primary N) is 2. The fourth-order valence-corrected chi connectivity index (χ4v) is 2.31. The van der Waals surface area contributed by atoms with Gasteiger partial charge in [0.25, 0.3) is 0 Å². The van der Waals surface area contributed by atoms with E-state index in [9.17, 15) is 4.79 Å². The van der Waals surface area contributed by atoms with Gasteiger partial charge in [0, 0.05) is 0 Å². The van der Waals surface area contributed by atoms with Crippen LogP contribution in [0.25, 0.3) is 0 Å². The number of carbonyl (C=O) groups is 1. The summed E-state index contributed by atoms with van der Waals surface area (Å²) in [6.45, 7) is 5.55. The molecule has 0 aromatic heterocycles. The number of benzene rings is 1. The van der Waals surface area contributed by atoms with Crippen LogP contribution in [0.1, 0.15) is 26.3 Å². The van der Waals surface area contributed by atoms with E-state index in [0.717, 1.165) is 11.3 Å². The minimum Gasteiger partial charge on any atom is -0.397 e. The Labute approximate surface area is 107 Å². The summed E-state index contributed by atoms with van der Waals surface area (Å²) >= 11 is 0. The summed E-state index contributed by atoms with van der Waals surface area (Å²) in [7, 11) is 0. The highest BCUT2D eigenvalue weighted by Crippen LogP contribution is 2.44. The van der Waals surface area contributed by atoms with Crippen molar-refractivity contribution in [1.29, 1.82) is 0 Å². The summed E-state index contributed by atoms with van der Waals surface area (Å²) in [4.78, 5) is 14.1. The van der Waals surface area contributed by atoms with Crippen LogP contribution in [0.5, 0.6) is 0 Å². The van der Waals surface area contributed by atoms with Crippen LogP contribution in [-0.4, -0.2) is 11.9 Å². The predicted octanol–water partition coefficient (Wildman–Crippen LogP) is 1.50. The third kappa shape index (κ3) is 1.44. The van der Waals surface area contributed by atoms with Gasteiger partial charge in [0.2, 0.25) is 5.91 Å². The SMILES string of the molecule is C#CC(C)N1C(=O)C(C)(C)c2cc(N)c(N)cc21. The molecule has 94 valence electrons. The Morgan fingerprint density at radius 1 is 1.33 bits per heavy atom. The second kappa shape index (κ2) is 3.67. The van der Waals surface area contributed by atoms with E-state index in [1.807, 2.05) is 20.8 Å². The zero-order chi connectivity index (χ0) is 13.7. The van der Waals surface area contributed by atoms with Gasteiger partial charge in [-0.1, -0.05) is 5.92 Å². The van der Waals surface area contributed by atoms with Gasteiger partial charge in [-0.15, -0.1) is 6.42 Å². The maximum Gasteiger partial charge on any atom is 0.238 e. The molecule has 0 bridgehead atoms. The molecule has 0 spiro atoms. The lowest BCUT2D eigenvalue weighted by Gasteiger charge is -2.23. The molecular formula is C14H17N3O. The number of nitrogen functional groups attached to an aromatic ring is 2. The molecule has 0 radical (unpaired) electrons. The molecule has 1 heterocycles.